The van der Waals surface area contributed by atoms with E-state index < -0.39 is 17.4 Å². The summed E-state index contributed by atoms with van der Waals surface area (Å²) in [5.74, 6) is -1.15. The molecule has 1 N–H and O–H groups in total. The van der Waals surface area contributed by atoms with E-state index in [2.05, 4.69) is 5.32 Å². The molecule has 1 saturated carbocycles. The van der Waals surface area contributed by atoms with Gasteiger partial charge < -0.3 is 5.32 Å². The van der Waals surface area contributed by atoms with Gasteiger partial charge in [0.15, 0.2) is 5.54 Å². The van der Waals surface area contributed by atoms with E-state index in [9.17, 15) is 14.4 Å². The maximum absolute atomic E-state index is 13.3. The lowest BCUT2D eigenvalue weighted by atomic mass is 9.81. The Bertz CT molecular complexity index is 854. The molecule has 2 aliphatic rings. The summed E-state index contributed by atoms with van der Waals surface area (Å²) >= 11 is 0. The second-order valence-corrected chi connectivity index (χ2v) is 6.76. The molecule has 0 aromatic heterocycles. The van der Waals surface area contributed by atoms with Gasteiger partial charge in [0.25, 0.3) is 17.7 Å². The van der Waals surface area contributed by atoms with E-state index in [0.29, 0.717) is 23.2 Å². The molecule has 5 nitrogen and oxygen atoms in total. The van der Waals surface area contributed by atoms with E-state index in [0.717, 1.165) is 12.8 Å². The number of imide groups is 1. The predicted molar refractivity (Wildman–Crippen MR) is 96.5 cm³/mol. The minimum Gasteiger partial charge on any atom is -0.354 e. The fraction of sp³-hybridized carbons (Fsp3) is 0.286. The normalized spacial score (nSPS) is 18.4. The molecule has 1 unspecified atom stereocenters. The molecule has 2 aromatic rings. The first kappa shape index (κ1) is 16.5. The molecule has 4 rings (SSSR count). The van der Waals surface area contributed by atoms with Crippen LogP contribution in [0.25, 0.3) is 0 Å². The van der Waals surface area contributed by atoms with E-state index in [1.807, 2.05) is 37.3 Å². The van der Waals surface area contributed by atoms with Crippen molar-refractivity contribution in [3.8, 4) is 0 Å². The van der Waals surface area contributed by atoms with Crippen molar-refractivity contribution in [1.82, 2.24) is 10.2 Å². The summed E-state index contributed by atoms with van der Waals surface area (Å²) in [6.45, 7) is 2.27. The van der Waals surface area contributed by atoms with Gasteiger partial charge in [-0.25, -0.2) is 0 Å². The smallest absolute Gasteiger partial charge is 0.262 e. The summed E-state index contributed by atoms with van der Waals surface area (Å²) in [4.78, 5) is 40.9. The van der Waals surface area contributed by atoms with E-state index in [1.54, 1.807) is 24.3 Å². The SMILES string of the molecule is CCNC(=O)C(c1ccccc1)(C1CC1)N1C(=O)c2ccccc2C1=O. The lowest BCUT2D eigenvalue weighted by Gasteiger charge is -2.40. The number of carbonyl (C=O) groups excluding carboxylic acids is 3. The fourth-order valence-electron chi connectivity index (χ4n) is 3.96. The van der Waals surface area contributed by atoms with Gasteiger partial charge in [0.2, 0.25) is 0 Å². The highest BCUT2D eigenvalue weighted by Crippen LogP contribution is 2.52. The Balaban J connectivity index is 1.94. The van der Waals surface area contributed by atoms with Crippen LogP contribution in [0.4, 0.5) is 0 Å². The summed E-state index contributed by atoms with van der Waals surface area (Å²) in [5, 5.41) is 2.87. The van der Waals surface area contributed by atoms with Crippen molar-refractivity contribution in [2.45, 2.75) is 25.3 Å². The first-order valence-corrected chi connectivity index (χ1v) is 8.94. The van der Waals surface area contributed by atoms with Crippen LogP contribution in [0.5, 0.6) is 0 Å². The van der Waals surface area contributed by atoms with Crippen LogP contribution in [0.15, 0.2) is 54.6 Å². The van der Waals surface area contributed by atoms with Gasteiger partial charge in [-0.15, -0.1) is 0 Å². The monoisotopic (exact) mass is 348 g/mol. The number of likely N-dealkylation sites (N-methyl/N-ethyl adjacent to an activating group) is 1. The Morgan fingerprint density at radius 3 is 2.04 bits per heavy atom. The van der Waals surface area contributed by atoms with Gasteiger partial charge in [-0.05, 0) is 43.4 Å². The van der Waals surface area contributed by atoms with Gasteiger partial charge in [0.1, 0.15) is 0 Å². The maximum atomic E-state index is 13.3. The number of carbonyl (C=O) groups is 3. The maximum Gasteiger partial charge on any atom is 0.262 e. The van der Waals surface area contributed by atoms with Crippen LogP contribution in [0.1, 0.15) is 46.0 Å². The fourth-order valence-corrected chi connectivity index (χ4v) is 3.96. The standard InChI is InChI=1S/C21H20N2O3/c1-2-22-20(26)21(15-12-13-15,14-8-4-3-5-9-14)23-18(24)16-10-6-7-11-17(16)19(23)25/h3-11,15H,2,12-13H2,1H3,(H,22,26). The second kappa shape index (κ2) is 6.09. The van der Waals surface area contributed by atoms with Gasteiger partial charge in [0.05, 0.1) is 11.1 Å². The number of nitrogens with one attached hydrogen (secondary N) is 1. The number of benzene rings is 2. The summed E-state index contributed by atoms with van der Waals surface area (Å²) in [6.07, 6.45) is 1.61. The molecule has 0 bridgehead atoms. The molecular formula is C21H20N2O3. The molecule has 132 valence electrons. The van der Waals surface area contributed by atoms with Crippen molar-refractivity contribution in [2.75, 3.05) is 6.54 Å². The molecule has 2 aromatic carbocycles. The van der Waals surface area contributed by atoms with Crippen LogP contribution in [-0.2, 0) is 10.3 Å². The average Bonchev–Trinajstić information content (AvgIpc) is 3.48. The number of hydrogen-bond acceptors (Lipinski definition) is 3. The van der Waals surface area contributed by atoms with Crippen molar-refractivity contribution in [3.63, 3.8) is 0 Å². The highest BCUT2D eigenvalue weighted by molar-refractivity contribution is 6.23. The van der Waals surface area contributed by atoms with Crippen molar-refractivity contribution in [3.05, 3.63) is 71.3 Å². The van der Waals surface area contributed by atoms with Crippen molar-refractivity contribution in [2.24, 2.45) is 5.92 Å². The average molecular weight is 348 g/mol. The van der Waals surface area contributed by atoms with E-state index in [4.69, 9.17) is 0 Å². The lowest BCUT2D eigenvalue weighted by Crippen LogP contribution is -2.60. The van der Waals surface area contributed by atoms with Crippen molar-refractivity contribution in [1.29, 1.82) is 0 Å². The van der Waals surface area contributed by atoms with Gasteiger partial charge in [-0.1, -0.05) is 42.5 Å². The molecule has 0 radical (unpaired) electrons. The molecule has 0 spiro atoms. The largest absolute Gasteiger partial charge is 0.354 e. The Morgan fingerprint density at radius 1 is 1.00 bits per heavy atom. The van der Waals surface area contributed by atoms with Gasteiger partial charge in [-0.2, -0.15) is 0 Å². The minimum absolute atomic E-state index is 0.0707. The molecule has 3 amide bonds. The van der Waals surface area contributed by atoms with Crippen LogP contribution >= 0.6 is 0 Å². The Morgan fingerprint density at radius 2 is 1.54 bits per heavy atom. The van der Waals surface area contributed by atoms with E-state index in [1.165, 1.54) is 4.90 Å². The molecule has 1 fully saturated rings. The Labute approximate surface area is 152 Å². The van der Waals surface area contributed by atoms with E-state index in [-0.39, 0.29) is 11.8 Å². The lowest BCUT2D eigenvalue weighted by molar-refractivity contribution is -0.132. The zero-order valence-electron chi connectivity index (χ0n) is 14.6. The zero-order valence-corrected chi connectivity index (χ0v) is 14.6. The van der Waals surface area contributed by atoms with Crippen LogP contribution in [0, 0.1) is 5.92 Å². The number of fused-ring (bicyclic) bond motifs is 1. The van der Waals surface area contributed by atoms with Crippen LogP contribution < -0.4 is 5.32 Å². The highest BCUT2D eigenvalue weighted by Gasteiger charge is 2.61. The molecule has 1 atom stereocenters. The van der Waals surface area contributed by atoms with Gasteiger partial charge in [0, 0.05) is 6.54 Å². The molecular weight excluding hydrogens is 328 g/mol. The number of nitrogens with zero attached hydrogens (tertiary/aromatic N) is 1. The summed E-state index contributed by atoms with van der Waals surface area (Å²) in [5.41, 5.74) is 0.109. The van der Waals surface area contributed by atoms with Crippen LogP contribution in [0.2, 0.25) is 0 Å². The first-order chi connectivity index (χ1) is 12.6. The predicted octanol–water partition coefficient (Wildman–Crippen LogP) is 2.72. The summed E-state index contributed by atoms with van der Waals surface area (Å²) < 4.78 is 0. The van der Waals surface area contributed by atoms with Crippen molar-refractivity contribution < 1.29 is 14.4 Å². The third kappa shape index (κ3) is 2.20. The summed E-state index contributed by atoms with van der Waals surface area (Å²) in [7, 11) is 0. The summed E-state index contributed by atoms with van der Waals surface area (Å²) in [6, 6.07) is 16.0. The topological polar surface area (TPSA) is 66.5 Å². The third-order valence-electron chi connectivity index (χ3n) is 5.21. The molecule has 1 heterocycles. The Kier molecular flexibility index (Phi) is 3.87. The Hall–Kier alpha value is -2.95. The quantitative estimate of drug-likeness (QED) is 0.845. The highest BCUT2D eigenvalue weighted by atomic mass is 16.2. The third-order valence-corrected chi connectivity index (χ3v) is 5.21. The first-order valence-electron chi connectivity index (χ1n) is 8.94. The van der Waals surface area contributed by atoms with Crippen LogP contribution in [0.3, 0.4) is 0 Å². The molecule has 5 heteroatoms. The van der Waals surface area contributed by atoms with E-state index >= 15 is 0 Å². The van der Waals surface area contributed by atoms with Gasteiger partial charge in [-0.3, -0.25) is 19.3 Å². The minimum atomic E-state index is -1.30. The molecule has 1 aliphatic heterocycles. The molecule has 0 saturated heterocycles. The van der Waals surface area contributed by atoms with Crippen LogP contribution in [-0.4, -0.2) is 29.2 Å². The second-order valence-electron chi connectivity index (χ2n) is 6.76. The van der Waals surface area contributed by atoms with Crippen molar-refractivity contribution >= 4 is 17.7 Å². The number of rotatable bonds is 5. The number of hydrogen-bond donors (Lipinski definition) is 1. The molecule has 26 heavy (non-hydrogen) atoms. The zero-order chi connectivity index (χ0) is 18.3. The number of amides is 3. The van der Waals surface area contributed by atoms with Gasteiger partial charge >= 0.3 is 0 Å². The molecule has 1 aliphatic carbocycles.